The summed E-state index contributed by atoms with van der Waals surface area (Å²) in [5.74, 6) is 2.10. The minimum absolute atomic E-state index is 0. The fraction of sp³-hybridized carbons (Fsp3) is 0.667. The Balaban J connectivity index is 0. The van der Waals surface area contributed by atoms with Gasteiger partial charge in [0.05, 0.1) is 0 Å². The van der Waals surface area contributed by atoms with Crippen LogP contribution in [0.1, 0.15) is 33.6 Å². The molecule has 0 aliphatic carbocycles. The molecule has 102 valence electrons. The van der Waals surface area contributed by atoms with Gasteiger partial charge in [-0.15, -0.1) is 0 Å². The van der Waals surface area contributed by atoms with Gasteiger partial charge < -0.3 is 17.0 Å². The van der Waals surface area contributed by atoms with Gasteiger partial charge in [-0.2, -0.15) is 12.6 Å². The fourth-order valence-electron chi connectivity index (χ4n) is 1.53. The summed E-state index contributed by atoms with van der Waals surface area (Å²) in [6, 6.07) is 0. The van der Waals surface area contributed by atoms with Crippen LogP contribution < -0.4 is 17.0 Å². The van der Waals surface area contributed by atoms with E-state index in [1.54, 1.807) is 0 Å². The van der Waals surface area contributed by atoms with Crippen LogP contribution in [0.25, 0.3) is 0 Å². The average molecular weight is 326 g/mol. The Morgan fingerprint density at radius 2 is 1.59 bits per heavy atom. The van der Waals surface area contributed by atoms with Crippen molar-refractivity contribution in [1.82, 2.24) is 0 Å². The van der Waals surface area contributed by atoms with Crippen molar-refractivity contribution >= 4 is 12.6 Å². The monoisotopic (exact) mass is 325 g/mol. The Morgan fingerprint density at radius 1 is 1.12 bits per heavy atom. The van der Waals surface area contributed by atoms with Crippen LogP contribution in [0, 0.1) is 0 Å². The molecule has 0 aliphatic rings. The molecule has 0 fully saturated rings. The lowest BCUT2D eigenvalue weighted by Crippen LogP contribution is -3.00. The van der Waals surface area contributed by atoms with Gasteiger partial charge in [0.2, 0.25) is 0 Å². The minimum atomic E-state index is 0. The molecule has 0 N–H and O–H groups in total. The van der Waals surface area contributed by atoms with Crippen LogP contribution >= 0.6 is 12.6 Å². The molecule has 0 bridgehead atoms. The Morgan fingerprint density at radius 3 is 1.88 bits per heavy atom. The van der Waals surface area contributed by atoms with Crippen LogP contribution in [0.3, 0.4) is 0 Å². The first-order valence-corrected chi connectivity index (χ1v) is 6.27. The molecular formula is C12H24BrNO2S. The lowest BCUT2D eigenvalue weighted by molar-refractivity contribution is -1.23. The van der Waals surface area contributed by atoms with Crippen molar-refractivity contribution < 1.29 is 31.5 Å². The van der Waals surface area contributed by atoms with Gasteiger partial charge in [-0.05, 0) is 19.6 Å². The predicted molar refractivity (Wildman–Crippen MR) is 70.6 cm³/mol. The fourth-order valence-corrected chi connectivity index (χ4v) is 1.67. The number of allylic oxidation sites excluding steroid dienone is 2. The standard InChI is InChI=1S/C12H23NO2S.BrH/c1-6-8-13(9-7-10-16,14-11(2)3)15-12(4)5;/h2,4,6-10H2,1,3,5H3;1H. The van der Waals surface area contributed by atoms with Crippen molar-refractivity contribution in [3.8, 4) is 0 Å². The van der Waals surface area contributed by atoms with Gasteiger partial charge in [0.15, 0.2) is 24.6 Å². The Hall–Kier alpha value is -0.130. The highest BCUT2D eigenvalue weighted by molar-refractivity contribution is 7.80. The van der Waals surface area contributed by atoms with Crippen molar-refractivity contribution in [2.45, 2.75) is 33.6 Å². The highest BCUT2D eigenvalue weighted by Crippen LogP contribution is 2.19. The van der Waals surface area contributed by atoms with E-state index in [4.69, 9.17) is 9.68 Å². The number of nitrogens with zero attached hydrogens (tertiary/aromatic N) is 1. The van der Waals surface area contributed by atoms with Crippen molar-refractivity contribution in [2.75, 3.05) is 18.8 Å². The summed E-state index contributed by atoms with van der Waals surface area (Å²) in [6.07, 6.45) is 1.89. The van der Waals surface area contributed by atoms with E-state index in [1.807, 2.05) is 13.8 Å². The molecule has 0 aromatic carbocycles. The second kappa shape index (κ2) is 9.85. The van der Waals surface area contributed by atoms with Gasteiger partial charge in [0.1, 0.15) is 0 Å². The second-order valence-corrected chi connectivity index (χ2v) is 4.37. The van der Waals surface area contributed by atoms with E-state index < -0.39 is 0 Å². The number of thiol groups is 1. The molecule has 0 amide bonds. The van der Waals surface area contributed by atoms with Crippen LogP contribution in [0.5, 0.6) is 0 Å². The Bertz CT molecular complexity index is 231. The minimum Gasteiger partial charge on any atom is -1.00 e. The molecule has 0 aromatic rings. The van der Waals surface area contributed by atoms with Crippen molar-refractivity contribution in [3.05, 3.63) is 24.7 Å². The van der Waals surface area contributed by atoms with Crippen LogP contribution in [0.4, 0.5) is 0 Å². The summed E-state index contributed by atoms with van der Waals surface area (Å²) in [7, 11) is 0. The molecule has 0 aromatic heterocycles. The smallest absolute Gasteiger partial charge is 0.162 e. The average Bonchev–Trinajstić information content (AvgIpc) is 2.13. The molecule has 0 radical (unpaired) electrons. The lowest BCUT2D eigenvalue weighted by atomic mass is 10.4. The van der Waals surface area contributed by atoms with Gasteiger partial charge in [0.25, 0.3) is 0 Å². The van der Waals surface area contributed by atoms with Crippen LogP contribution in [-0.4, -0.2) is 23.7 Å². The summed E-state index contributed by atoms with van der Waals surface area (Å²) >= 11 is 4.22. The zero-order valence-electron chi connectivity index (χ0n) is 11.0. The molecule has 5 heteroatoms. The first kappa shape index (κ1) is 19.2. The maximum Gasteiger partial charge on any atom is 0.162 e. The summed E-state index contributed by atoms with van der Waals surface area (Å²) in [4.78, 5) is 11.5. The molecule has 0 unspecified atom stereocenters. The van der Waals surface area contributed by atoms with E-state index >= 15 is 0 Å². The molecule has 0 atom stereocenters. The number of halogens is 1. The molecule has 3 nitrogen and oxygen atoms in total. The van der Waals surface area contributed by atoms with E-state index in [-0.39, 0.29) is 21.8 Å². The van der Waals surface area contributed by atoms with Crippen LogP contribution in [0.15, 0.2) is 24.7 Å². The molecule has 0 rings (SSSR count). The van der Waals surface area contributed by atoms with Crippen molar-refractivity contribution in [2.24, 2.45) is 0 Å². The van der Waals surface area contributed by atoms with E-state index in [2.05, 4.69) is 32.7 Å². The topological polar surface area (TPSA) is 18.5 Å². The number of quaternary nitrogens is 1. The van der Waals surface area contributed by atoms with Gasteiger partial charge in [-0.3, -0.25) is 9.68 Å². The Labute approximate surface area is 121 Å². The lowest BCUT2D eigenvalue weighted by Gasteiger charge is -2.32. The van der Waals surface area contributed by atoms with E-state index in [1.165, 1.54) is 0 Å². The molecular weight excluding hydrogens is 302 g/mol. The van der Waals surface area contributed by atoms with Crippen molar-refractivity contribution in [1.29, 1.82) is 0 Å². The highest BCUT2D eigenvalue weighted by Gasteiger charge is 2.32. The SMILES string of the molecule is C=C(C)O[N+](CCC)(CCCS)OC(=C)C.[Br-]. The first-order chi connectivity index (χ1) is 7.45. The van der Waals surface area contributed by atoms with Crippen LogP contribution in [0.2, 0.25) is 0 Å². The zero-order valence-corrected chi connectivity index (χ0v) is 13.5. The molecule has 0 heterocycles. The quantitative estimate of drug-likeness (QED) is 0.287. The largest absolute Gasteiger partial charge is 1.00 e. The van der Waals surface area contributed by atoms with Gasteiger partial charge in [-0.25, -0.2) is 0 Å². The zero-order chi connectivity index (χ0) is 12.6. The number of hydroxylamine groups is 4. The van der Waals surface area contributed by atoms with Gasteiger partial charge >= 0.3 is 0 Å². The normalized spacial score (nSPS) is 10.4. The summed E-state index contributed by atoms with van der Waals surface area (Å²) in [5.41, 5.74) is 0. The molecule has 0 saturated heterocycles. The number of hydrogen-bond donors (Lipinski definition) is 1. The van der Waals surface area contributed by atoms with Gasteiger partial charge in [0, 0.05) is 17.7 Å². The van der Waals surface area contributed by atoms with Crippen molar-refractivity contribution in [3.63, 3.8) is 0 Å². The highest BCUT2D eigenvalue weighted by atomic mass is 79.9. The van der Waals surface area contributed by atoms with E-state index in [9.17, 15) is 0 Å². The third-order valence-corrected chi connectivity index (χ3v) is 2.18. The molecule has 0 saturated carbocycles. The third kappa shape index (κ3) is 8.57. The van der Waals surface area contributed by atoms with Gasteiger partial charge in [-0.1, -0.05) is 20.1 Å². The number of rotatable bonds is 9. The predicted octanol–water partition coefficient (Wildman–Crippen LogP) is 0.468. The van der Waals surface area contributed by atoms with E-state index in [0.717, 1.165) is 31.7 Å². The molecule has 0 spiro atoms. The summed E-state index contributed by atoms with van der Waals surface area (Å²) < 4.78 is 0. The van der Waals surface area contributed by atoms with E-state index in [0.29, 0.717) is 11.5 Å². The molecule has 0 aliphatic heterocycles. The second-order valence-electron chi connectivity index (χ2n) is 3.93. The maximum atomic E-state index is 5.72. The molecule has 17 heavy (non-hydrogen) atoms. The summed E-state index contributed by atoms with van der Waals surface area (Å²) in [5, 5.41) is 0. The maximum absolute atomic E-state index is 5.72. The number of hydrogen-bond acceptors (Lipinski definition) is 3. The summed E-state index contributed by atoms with van der Waals surface area (Å²) in [6.45, 7) is 14.8. The third-order valence-electron chi connectivity index (χ3n) is 1.87. The van der Waals surface area contributed by atoms with Crippen LogP contribution in [-0.2, 0) is 9.68 Å². The Kier molecular flexibility index (Phi) is 11.1. The first-order valence-electron chi connectivity index (χ1n) is 5.64.